The Kier molecular flexibility index (Phi) is 3.34. The summed E-state index contributed by atoms with van der Waals surface area (Å²) in [5.41, 5.74) is 6.96. The first-order chi connectivity index (χ1) is 8.41. The number of nitrogens with two attached hydrogens (primary N) is 1. The van der Waals surface area contributed by atoms with Crippen LogP contribution in [0.4, 0.5) is 0 Å². The average molecular weight is 248 g/mol. The minimum atomic E-state index is -0.299. The number of aryl methyl sites for hydroxylation is 2. The summed E-state index contributed by atoms with van der Waals surface area (Å²) < 4.78 is 0. The Morgan fingerprint density at radius 2 is 2.06 bits per heavy atom. The van der Waals surface area contributed by atoms with Gasteiger partial charge in [0.25, 0.3) is 0 Å². The number of likely N-dealkylation sites (tertiary alicyclic amines) is 1. The van der Waals surface area contributed by atoms with Gasteiger partial charge < -0.3 is 5.73 Å². The molecular formula is C13H20N4O. The summed E-state index contributed by atoms with van der Waals surface area (Å²) in [5.74, 6) is 0.506. The fraction of sp³-hybridized carbons (Fsp3) is 0.615. The number of amides is 1. The van der Waals surface area contributed by atoms with E-state index in [1.165, 1.54) is 0 Å². The largest absolute Gasteiger partial charge is 0.369 e. The molecule has 2 rings (SSSR count). The fourth-order valence-corrected chi connectivity index (χ4v) is 2.68. The molecule has 0 radical (unpaired) electrons. The summed E-state index contributed by atoms with van der Waals surface area (Å²) in [6.07, 6.45) is 2.00. The van der Waals surface area contributed by atoms with Crippen LogP contribution in [0.1, 0.15) is 37.0 Å². The first-order valence-corrected chi connectivity index (χ1v) is 6.28. The molecule has 0 saturated carbocycles. The maximum atomic E-state index is 11.1. The van der Waals surface area contributed by atoms with Gasteiger partial charge in [-0.3, -0.25) is 9.69 Å². The van der Waals surface area contributed by atoms with Crippen molar-refractivity contribution in [3.05, 3.63) is 23.3 Å². The molecule has 5 heteroatoms. The van der Waals surface area contributed by atoms with E-state index in [-0.39, 0.29) is 18.0 Å². The predicted octanol–water partition coefficient (Wildman–Crippen LogP) is 0.890. The van der Waals surface area contributed by atoms with Gasteiger partial charge in [-0.2, -0.15) is 0 Å². The monoisotopic (exact) mass is 248 g/mol. The second kappa shape index (κ2) is 4.65. The van der Waals surface area contributed by atoms with Crippen molar-refractivity contribution in [3.8, 4) is 0 Å². The number of carbonyl (C=O) groups excluding carboxylic acids is 1. The lowest BCUT2D eigenvalue weighted by molar-refractivity contribution is -0.120. The Bertz CT molecular complexity index is 454. The number of aromatic nitrogens is 2. The lowest BCUT2D eigenvalue weighted by Crippen LogP contribution is -2.44. The SMILES string of the molecule is Cc1cc(C)nc([C@@]2(C)CCCN2CC(N)=O)n1. The Hall–Kier alpha value is -1.49. The van der Waals surface area contributed by atoms with Crippen LogP contribution in [0.5, 0.6) is 0 Å². The van der Waals surface area contributed by atoms with E-state index in [0.717, 1.165) is 36.6 Å². The summed E-state index contributed by atoms with van der Waals surface area (Å²) in [5, 5.41) is 0. The van der Waals surface area contributed by atoms with Crippen LogP contribution in [0.2, 0.25) is 0 Å². The van der Waals surface area contributed by atoms with Crippen LogP contribution in [0.3, 0.4) is 0 Å². The third-order valence-corrected chi connectivity index (χ3v) is 3.60. The highest BCUT2D eigenvalue weighted by Gasteiger charge is 2.41. The Morgan fingerprint density at radius 1 is 1.44 bits per heavy atom. The van der Waals surface area contributed by atoms with Crippen molar-refractivity contribution in [1.82, 2.24) is 14.9 Å². The molecule has 2 heterocycles. The third kappa shape index (κ3) is 2.36. The maximum Gasteiger partial charge on any atom is 0.231 e. The fourth-order valence-electron chi connectivity index (χ4n) is 2.68. The molecule has 1 fully saturated rings. The lowest BCUT2D eigenvalue weighted by atomic mass is 9.97. The highest BCUT2D eigenvalue weighted by atomic mass is 16.1. The minimum absolute atomic E-state index is 0.271. The summed E-state index contributed by atoms with van der Waals surface area (Å²) in [4.78, 5) is 22.3. The van der Waals surface area contributed by atoms with E-state index in [9.17, 15) is 4.79 Å². The van der Waals surface area contributed by atoms with Gasteiger partial charge in [-0.1, -0.05) is 0 Å². The van der Waals surface area contributed by atoms with Gasteiger partial charge in [0, 0.05) is 11.4 Å². The highest BCUT2D eigenvalue weighted by molar-refractivity contribution is 5.76. The zero-order chi connectivity index (χ0) is 13.3. The first kappa shape index (κ1) is 13.0. The summed E-state index contributed by atoms with van der Waals surface area (Å²) in [6, 6.07) is 1.96. The molecule has 18 heavy (non-hydrogen) atoms. The molecule has 0 bridgehead atoms. The minimum Gasteiger partial charge on any atom is -0.369 e. The van der Waals surface area contributed by atoms with Crippen LogP contribution in [0, 0.1) is 13.8 Å². The van der Waals surface area contributed by atoms with Crippen LogP contribution >= 0.6 is 0 Å². The van der Waals surface area contributed by atoms with Gasteiger partial charge in [0.05, 0.1) is 12.1 Å². The molecule has 0 unspecified atom stereocenters. The second-order valence-electron chi connectivity index (χ2n) is 5.24. The topological polar surface area (TPSA) is 72.1 Å². The van der Waals surface area contributed by atoms with Gasteiger partial charge >= 0.3 is 0 Å². The highest BCUT2D eigenvalue weighted by Crippen LogP contribution is 2.36. The number of carbonyl (C=O) groups is 1. The van der Waals surface area contributed by atoms with Crippen molar-refractivity contribution < 1.29 is 4.79 Å². The molecule has 1 aromatic heterocycles. The van der Waals surface area contributed by atoms with Gasteiger partial charge in [-0.25, -0.2) is 9.97 Å². The van der Waals surface area contributed by atoms with Crippen LogP contribution < -0.4 is 5.73 Å². The van der Waals surface area contributed by atoms with Gasteiger partial charge in [0.2, 0.25) is 5.91 Å². The summed E-state index contributed by atoms with van der Waals surface area (Å²) in [7, 11) is 0. The lowest BCUT2D eigenvalue weighted by Gasteiger charge is -2.33. The number of hydrogen-bond acceptors (Lipinski definition) is 4. The van der Waals surface area contributed by atoms with Gasteiger partial charge in [0.1, 0.15) is 5.82 Å². The maximum absolute atomic E-state index is 11.1. The van der Waals surface area contributed by atoms with Crippen LogP contribution in [0.25, 0.3) is 0 Å². The van der Waals surface area contributed by atoms with E-state index < -0.39 is 0 Å². The molecule has 98 valence electrons. The van der Waals surface area contributed by atoms with Crippen molar-refractivity contribution in [2.24, 2.45) is 5.73 Å². The predicted molar refractivity (Wildman–Crippen MR) is 68.9 cm³/mol. The molecule has 1 aromatic rings. The zero-order valence-electron chi connectivity index (χ0n) is 11.2. The van der Waals surface area contributed by atoms with Crippen LogP contribution in [0.15, 0.2) is 6.07 Å². The Labute approximate surface area is 107 Å². The molecule has 5 nitrogen and oxygen atoms in total. The third-order valence-electron chi connectivity index (χ3n) is 3.60. The van der Waals surface area contributed by atoms with E-state index in [0.29, 0.717) is 0 Å². The number of primary amides is 1. The van der Waals surface area contributed by atoms with Crippen molar-refractivity contribution in [3.63, 3.8) is 0 Å². The summed E-state index contributed by atoms with van der Waals surface area (Å²) in [6.45, 7) is 7.17. The van der Waals surface area contributed by atoms with Crippen LogP contribution in [-0.2, 0) is 10.3 Å². The molecule has 1 saturated heterocycles. The molecule has 1 atom stereocenters. The van der Waals surface area contributed by atoms with Gasteiger partial charge in [-0.05, 0) is 46.2 Å². The molecule has 0 spiro atoms. The molecule has 1 aliphatic heterocycles. The van der Waals surface area contributed by atoms with E-state index in [1.807, 2.05) is 19.9 Å². The second-order valence-corrected chi connectivity index (χ2v) is 5.24. The number of nitrogens with zero attached hydrogens (tertiary/aromatic N) is 3. The Balaban J connectivity index is 2.36. The molecular weight excluding hydrogens is 228 g/mol. The number of rotatable bonds is 3. The van der Waals surface area contributed by atoms with Crippen molar-refractivity contribution in [2.75, 3.05) is 13.1 Å². The quantitative estimate of drug-likeness (QED) is 0.862. The van der Waals surface area contributed by atoms with Gasteiger partial charge in [-0.15, -0.1) is 0 Å². The molecule has 1 aliphatic rings. The van der Waals surface area contributed by atoms with E-state index in [1.54, 1.807) is 0 Å². The zero-order valence-corrected chi connectivity index (χ0v) is 11.2. The molecule has 2 N–H and O–H groups in total. The summed E-state index contributed by atoms with van der Waals surface area (Å²) >= 11 is 0. The molecule has 1 amide bonds. The van der Waals surface area contributed by atoms with Gasteiger partial charge in [0.15, 0.2) is 0 Å². The van der Waals surface area contributed by atoms with E-state index >= 15 is 0 Å². The first-order valence-electron chi connectivity index (χ1n) is 6.28. The van der Waals surface area contributed by atoms with E-state index in [4.69, 9.17) is 5.73 Å². The average Bonchev–Trinajstić information content (AvgIpc) is 2.59. The van der Waals surface area contributed by atoms with E-state index in [2.05, 4.69) is 21.8 Å². The van der Waals surface area contributed by atoms with Crippen molar-refractivity contribution >= 4 is 5.91 Å². The van der Waals surface area contributed by atoms with Crippen molar-refractivity contribution in [2.45, 2.75) is 39.2 Å². The van der Waals surface area contributed by atoms with Crippen molar-refractivity contribution in [1.29, 1.82) is 0 Å². The standard InChI is InChI=1S/C13H20N4O/c1-9-7-10(2)16-12(15-9)13(3)5-4-6-17(13)8-11(14)18/h7H,4-6,8H2,1-3H3,(H2,14,18)/t13-/m1/s1. The normalized spacial score (nSPS) is 24.4. The molecule has 0 aromatic carbocycles. The number of hydrogen-bond donors (Lipinski definition) is 1. The molecule has 0 aliphatic carbocycles. The van der Waals surface area contributed by atoms with Crippen LogP contribution in [-0.4, -0.2) is 33.9 Å². The smallest absolute Gasteiger partial charge is 0.231 e. The Morgan fingerprint density at radius 3 is 2.61 bits per heavy atom.